The fourth-order valence-electron chi connectivity index (χ4n) is 2.16. The molecule has 0 aliphatic rings. The summed E-state index contributed by atoms with van der Waals surface area (Å²) in [4.78, 5) is 0.260. The molecular weight excluding hydrogens is 282 g/mol. The highest BCUT2D eigenvalue weighted by Gasteiger charge is 2.30. The molecule has 1 atom stereocenters. The van der Waals surface area contributed by atoms with Crippen molar-refractivity contribution in [2.75, 3.05) is 0 Å². The lowest BCUT2D eigenvalue weighted by atomic mass is 9.96. The van der Waals surface area contributed by atoms with E-state index in [1.807, 2.05) is 26.0 Å². The van der Waals surface area contributed by atoms with E-state index in [1.54, 1.807) is 12.1 Å². The van der Waals surface area contributed by atoms with Crippen molar-refractivity contribution in [1.82, 2.24) is 4.72 Å². The van der Waals surface area contributed by atoms with Gasteiger partial charge in [0.2, 0.25) is 10.0 Å². The molecule has 1 rings (SSSR count). The van der Waals surface area contributed by atoms with E-state index in [-0.39, 0.29) is 4.90 Å². The highest BCUT2D eigenvalue weighted by molar-refractivity contribution is 7.89. The summed E-state index contributed by atoms with van der Waals surface area (Å²) in [6.07, 6.45) is 7.66. The number of rotatable bonds is 7. The second kappa shape index (κ2) is 7.11. The molecule has 116 valence electrons. The van der Waals surface area contributed by atoms with Crippen LogP contribution in [0, 0.1) is 12.3 Å². The second-order valence-corrected chi connectivity index (χ2v) is 7.10. The summed E-state index contributed by atoms with van der Waals surface area (Å²) in [6.45, 7) is 8.01. The third kappa shape index (κ3) is 4.09. The van der Waals surface area contributed by atoms with Crippen molar-refractivity contribution in [2.24, 2.45) is 0 Å². The summed E-state index contributed by atoms with van der Waals surface area (Å²) in [5, 5.41) is 0. The van der Waals surface area contributed by atoms with Crippen LogP contribution in [0.25, 0.3) is 0 Å². The zero-order valence-corrected chi connectivity index (χ0v) is 14.1. The van der Waals surface area contributed by atoms with E-state index in [1.165, 1.54) is 0 Å². The van der Waals surface area contributed by atoms with Crippen molar-refractivity contribution in [2.45, 2.75) is 63.3 Å². The molecule has 0 amide bonds. The summed E-state index contributed by atoms with van der Waals surface area (Å²) >= 11 is 0. The highest BCUT2D eigenvalue weighted by atomic mass is 32.2. The smallest absolute Gasteiger partial charge is 0.207 e. The zero-order valence-electron chi connectivity index (χ0n) is 13.3. The molecule has 1 unspecified atom stereocenters. The Morgan fingerprint density at radius 3 is 2.10 bits per heavy atom. The van der Waals surface area contributed by atoms with Gasteiger partial charge in [-0.05, 0) is 42.9 Å². The first-order chi connectivity index (χ1) is 9.84. The number of nitrogens with one attached hydrogen (secondary N) is 1. The van der Waals surface area contributed by atoms with Gasteiger partial charge in [0.25, 0.3) is 0 Å². The fourth-order valence-corrected chi connectivity index (χ4v) is 3.63. The van der Waals surface area contributed by atoms with Gasteiger partial charge in [0.05, 0.1) is 10.4 Å². The van der Waals surface area contributed by atoms with Crippen LogP contribution in [0.1, 0.15) is 58.4 Å². The van der Waals surface area contributed by atoms with E-state index in [0.29, 0.717) is 18.8 Å². The van der Waals surface area contributed by atoms with E-state index in [4.69, 9.17) is 6.42 Å². The molecule has 0 spiro atoms. The minimum atomic E-state index is -3.60. The van der Waals surface area contributed by atoms with E-state index < -0.39 is 15.6 Å². The minimum Gasteiger partial charge on any atom is -0.207 e. The molecule has 1 aromatic carbocycles. The Kier molecular flexibility index (Phi) is 6.00. The maximum atomic E-state index is 12.5. The van der Waals surface area contributed by atoms with Gasteiger partial charge in [0.15, 0.2) is 0 Å². The molecule has 0 heterocycles. The lowest BCUT2D eigenvalue weighted by Crippen LogP contribution is -2.46. The molecule has 1 aromatic rings. The van der Waals surface area contributed by atoms with Gasteiger partial charge >= 0.3 is 0 Å². The standard InChI is InChI=1S/C17H25NO2S/c1-6-14(5)15-10-12-16(13-11-15)21(19,20)18-17(7-2,8-3)9-4/h2,10-14,18H,6,8-9H2,1,3-5H3. The lowest BCUT2D eigenvalue weighted by molar-refractivity contribution is 0.451. The van der Waals surface area contributed by atoms with Gasteiger partial charge in [0.1, 0.15) is 0 Å². The summed E-state index contributed by atoms with van der Waals surface area (Å²) in [5.41, 5.74) is 0.333. The monoisotopic (exact) mass is 307 g/mol. The van der Waals surface area contributed by atoms with Gasteiger partial charge < -0.3 is 0 Å². The molecule has 4 heteroatoms. The maximum absolute atomic E-state index is 12.5. The Bertz CT molecular complexity index is 593. The summed E-state index contributed by atoms with van der Waals surface area (Å²) in [7, 11) is -3.60. The van der Waals surface area contributed by atoms with Crippen molar-refractivity contribution in [3.63, 3.8) is 0 Å². The quantitative estimate of drug-likeness (QED) is 0.781. The third-order valence-corrected chi connectivity index (χ3v) is 5.74. The van der Waals surface area contributed by atoms with Crippen molar-refractivity contribution >= 4 is 10.0 Å². The third-order valence-electron chi connectivity index (χ3n) is 4.18. The Morgan fingerprint density at radius 1 is 1.19 bits per heavy atom. The minimum absolute atomic E-state index is 0.260. The molecule has 0 radical (unpaired) electrons. The van der Waals surface area contributed by atoms with E-state index in [9.17, 15) is 8.42 Å². The largest absolute Gasteiger partial charge is 0.241 e. The normalized spacial score (nSPS) is 13.7. The Morgan fingerprint density at radius 2 is 1.71 bits per heavy atom. The summed E-state index contributed by atoms with van der Waals surface area (Å²) in [6, 6.07) is 7.04. The van der Waals surface area contributed by atoms with Gasteiger partial charge in [-0.1, -0.05) is 45.7 Å². The fraction of sp³-hybridized carbons (Fsp3) is 0.529. The SMILES string of the molecule is C#CC(CC)(CC)NS(=O)(=O)c1ccc(C(C)CC)cc1. The van der Waals surface area contributed by atoms with Gasteiger partial charge in [-0.3, -0.25) is 0 Å². The molecule has 1 N–H and O–H groups in total. The van der Waals surface area contributed by atoms with E-state index >= 15 is 0 Å². The van der Waals surface area contributed by atoms with Crippen molar-refractivity contribution in [1.29, 1.82) is 0 Å². The second-order valence-electron chi connectivity index (χ2n) is 5.42. The Balaban J connectivity index is 3.06. The first kappa shape index (κ1) is 17.7. The van der Waals surface area contributed by atoms with E-state index in [0.717, 1.165) is 12.0 Å². The maximum Gasteiger partial charge on any atom is 0.241 e. The van der Waals surface area contributed by atoms with Crippen molar-refractivity contribution in [3.05, 3.63) is 29.8 Å². The van der Waals surface area contributed by atoms with Crippen LogP contribution in [0.5, 0.6) is 0 Å². The van der Waals surface area contributed by atoms with Gasteiger partial charge in [0, 0.05) is 0 Å². The molecule has 0 aromatic heterocycles. The van der Waals surface area contributed by atoms with Crippen LogP contribution in [-0.2, 0) is 10.0 Å². The highest BCUT2D eigenvalue weighted by Crippen LogP contribution is 2.22. The lowest BCUT2D eigenvalue weighted by Gasteiger charge is -2.26. The molecule has 0 saturated heterocycles. The summed E-state index contributed by atoms with van der Waals surface area (Å²) < 4.78 is 27.6. The molecule has 21 heavy (non-hydrogen) atoms. The van der Waals surface area contributed by atoms with Crippen molar-refractivity contribution < 1.29 is 8.42 Å². The molecule has 0 bridgehead atoms. The van der Waals surface area contributed by atoms with Crippen LogP contribution in [0.2, 0.25) is 0 Å². The number of hydrogen-bond donors (Lipinski definition) is 1. The molecule has 3 nitrogen and oxygen atoms in total. The number of terminal acetylenes is 1. The average molecular weight is 307 g/mol. The first-order valence-corrected chi connectivity index (χ1v) is 8.94. The topological polar surface area (TPSA) is 46.2 Å². The van der Waals surface area contributed by atoms with Crippen LogP contribution in [0.15, 0.2) is 29.2 Å². The predicted molar refractivity (Wildman–Crippen MR) is 87.6 cm³/mol. The van der Waals surface area contributed by atoms with Gasteiger partial charge in [-0.2, -0.15) is 4.72 Å². The molecule has 0 aliphatic heterocycles. The Hall–Kier alpha value is -1.31. The van der Waals surface area contributed by atoms with Crippen LogP contribution < -0.4 is 4.72 Å². The van der Waals surface area contributed by atoms with Crippen LogP contribution in [0.4, 0.5) is 0 Å². The first-order valence-electron chi connectivity index (χ1n) is 7.45. The molecule has 0 fully saturated rings. The van der Waals surface area contributed by atoms with Crippen LogP contribution >= 0.6 is 0 Å². The van der Waals surface area contributed by atoms with Gasteiger partial charge in [-0.25, -0.2) is 8.42 Å². The molecule has 0 saturated carbocycles. The number of hydrogen-bond acceptors (Lipinski definition) is 2. The molecule has 0 aliphatic carbocycles. The van der Waals surface area contributed by atoms with Crippen LogP contribution in [0.3, 0.4) is 0 Å². The van der Waals surface area contributed by atoms with Gasteiger partial charge in [-0.15, -0.1) is 6.42 Å². The predicted octanol–water partition coefficient (Wildman–Crippen LogP) is 3.67. The number of sulfonamides is 1. The Labute approximate surface area is 129 Å². The number of benzene rings is 1. The van der Waals surface area contributed by atoms with Crippen molar-refractivity contribution in [3.8, 4) is 12.3 Å². The summed E-state index contributed by atoms with van der Waals surface area (Å²) in [5.74, 6) is 3.01. The molecular formula is C17H25NO2S. The van der Waals surface area contributed by atoms with Crippen LogP contribution in [-0.4, -0.2) is 14.0 Å². The van der Waals surface area contributed by atoms with E-state index in [2.05, 4.69) is 24.5 Å². The average Bonchev–Trinajstić information content (AvgIpc) is 2.52. The zero-order chi connectivity index (χ0) is 16.1.